The third kappa shape index (κ3) is 3.72. The molecule has 1 aromatic heterocycles. The Kier molecular flexibility index (Phi) is 4.85. The van der Waals surface area contributed by atoms with E-state index < -0.39 is 5.97 Å². The monoisotopic (exact) mass is 357 g/mol. The number of hydrogen-bond acceptors (Lipinski definition) is 3. The van der Waals surface area contributed by atoms with E-state index in [1.165, 1.54) is 11.8 Å². The maximum Gasteiger partial charge on any atom is 0.335 e. The normalized spacial score (nSPS) is 10.4. The Morgan fingerprint density at radius 1 is 1.42 bits per heavy atom. The molecule has 1 N–H and O–H groups in total. The lowest BCUT2D eigenvalue weighted by atomic mass is 10.1. The maximum atomic E-state index is 10.8. The zero-order chi connectivity index (χ0) is 13.8. The highest BCUT2D eigenvalue weighted by Gasteiger charge is 2.08. The highest BCUT2D eigenvalue weighted by atomic mass is 79.9. The SMILES string of the molecule is O=C(O)c1ccc(CSc2ncccc2Cl)c(Br)c1. The molecule has 0 fully saturated rings. The lowest BCUT2D eigenvalue weighted by Gasteiger charge is -2.06. The molecule has 0 aliphatic rings. The standard InChI is InChI=1S/C13H9BrClNO2S/c14-10-6-8(13(17)18)3-4-9(10)7-19-12-11(15)2-1-5-16-12/h1-6H,7H2,(H,17,18). The second-order valence-electron chi connectivity index (χ2n) is 3.69. The molecular formula is C13H9BrClNO2S. The molecule has 2 aromatic rings. The second-order valence-corrected chi connectivity index (χ2v) is 5.92. The van der Waals surface area contributed by atoms with Crippen molar-refractivity contribution in [3.05, 3.63) is 57.2 Å². The number of benzene rings is 1. The summed E-state index contributed by atoms with van der Waals surface area (Å²) in [7, 11) is 0. The lowest BCUT2D eigenvalue weighted by Crippen LogP contribution is -1.97. The molecule has 0 spiro atoms. The van der Waals surface area contributed by atoms with Crippen molar-refractivity contribution in [1.29, 1.82) is 0 Å². The third-order valence-corrected chi connectivity index (χ3v) is 4.60. The number of aromatic nitrogens is 1. The van der Waals surface area contributed by atoms with Crippen LogP contribution in [0.4, 0.5) is 0 Å². The van der Waals surface area contributed by atoms with Crippen LogP contribution in [0.5, 0.6) is 0 Å². The highest BCUT2D eigenvalue weighted by molar-refractivity contribution is 9.10. The summed E-state index contributed by atoms with van der Waals surface area (Å²) in [5.74, 6) is -0.273. The Labute approximate surface area is 128 Å². The van der Waals surface area contributed by atoms with Crippen molar-refractivity contribution in [1.82, 2.24) is 4.98 Å². The maximum absolute atomic E-state index is 10.8. The van der Waals surface area contributed by atoms with Gasteiger partial charge in [-0.05, 0) is 29.8 Å². The molecule has 1 aromatic carbocycles. The van der Waals surface area contributed by atoms with Crippen molar-refractivity contribution in [2.24, 2.45) is 0 Å². The van der Waals surface area contributed by atoms with E-state index in [2.05, 4.69) is 20.9 Å². The van der Waals surface area contributed by atoms with E-state index in [0.29, 0.717) is 10.8 Å². The molecule has 0 amide bonds. The number of halogens is 2. The van der Waals surface area contributed by atoms with Gasteiger partial charge in [-0.15, -0.1) is 11.8 Å². The number of thioether (sulfide) groups is 1. The van der Waals surface area contributed by atoms with Gasteiger partial charge in [-0.3, -0.25) is 0 Å². The number of hydrogen-bond donors (Lipinski definition) is 1. The lowest BCUT2D eigenvalue weighted by molar-refractivity contribution is 0.0697. The smallest absolute Gasteiger partial charge is 0.335 e. The van der Waals surface area contributed by atoms with Gasteiger partial charge in [0.25, 0.3) is 0 Å². The molecule has 0 unspecified atom stereocenters. The second kappa shape index (κ2) is 6.41. The van der Waals surface area contributed by atoms with Gasteiger partial charge < -0.3 is 5.11 Å². The summed E-state index contributed by atoms with van der Waals surface area (Å²) >= 11 is 10.9. The number of carbonyl (C=O) groups is 1. The fourth-order valence-electron chi connectivity index (χ4n) is 1.42. The first-order valence-electron chi connectivity index (χ1n) is 5.33. The Morgan fingerprint density at radius 2 is 2.21 bits per heavy atom. The first-order valence-corrected chi connectivity index (χ1v) is 7.48. The molecule has 0 radical (unpaired) electrons. The topological polar surface area (TPSA) is 50.2 Å². The quantitative estimate of drug-likeness (QED) is 0.818. The van der Waals surface area contributed by atoms with Crippen molar-refractivity contribution >= 4 is 45.3 Å². The summed E-state index contributed by atoms with van der Waals surface area (Å²) < 4.78 is 0.770. The van der Waals surface area contributed by atoms with Crippen LogP contribution < -0.4 is 0 Å². The summed E-state index contributed by atoms with van der Waals surface area (Å²) in [5.41, 5.74) is 1.26. The molecule has 98 valence electrons. The summed E-state index contributed by atoms with van der Waals surface area (Å²) in [4.78, 5) is 15.0. The zero-order valence-corrected chi connectivity index (χ0v) is 12.8. The third-order valence-electron chi connectivity index (χ3n) is 2.39. The predicted molar refractivity (Wildman–Crippen MR) is 79.9 cm³/mol. The van der Waals surface area contributed by atoms with Crippen LogP contribution in [0.2, 0.25) is 5.02 Å². The summed E-state index contributed by atoms with van der Waals surface area (Å²) in [5, 5.41) is 10.3. The van der Waals surface area contributed by atoms with Crippen molar-refractivity contribution in [3.8, 4) is 0 Å². The van der Waals surface area contributed by atoms with Crippen LogP contribution in [0.1, 0.15) is 15.9 Å². The Balaban J connectivity index is 2.12. The number of aromatic carboxylic acids is 1. The average Bonchev–Trinajstić information content (AvgIpc) is 2.39. The van der Waals surface area contributed by atoms with Crippen LogP contribution in [-0.2, 0) is 5.75 Å². The Bertz CT molecular complexity index is 621. The first-order chi connectivity index (χ1) is 9.08. The predicted octanol–water partition coefficient (Wildman–Crippen LogP) is 4.49. The van der Waals surface area contributed by atoms with E-state index >= 15 is 0 Å². The largest absolute Gasteiger partial charge is 0.478 e. The van der Waals surface area contributed by atoms with Crippen molar-refractivity contribution < 1.29 is 9.90 Å². The average molecular weight is 359 g/mol. The van der Waals surface area contributed by atoms with Gasteiger partial charge in [0.05, 0.1) is 10.6 Å². The fourth-order valence-corrected chi connectivity index (χ4v) is 3.30. The molecular weight excluding hydrogens is 350 g/mol. The molecule has 3 nitrogen and oxygen atoms in total. The Hall–Kier alpha value is -1.04. The van der Waals surface area contributed by atoms with Gasteiger partial charge in [0.15, 0.2) is 0 Å². The van der Waals surface area contributed by atoms with E-state index in [1.807, 2.05) is 0 Å². The van der Waals surface area contributed by atoms with Crippen molar-refractivity contribution in [2.75, 3.05) is 0 Å². The molecule has 0 saturated carbocycles. The minimum Gasteiger partial charge on any atom is -0.478 e. The van der Waals surface area contributed by atoms with Crippen LogP contribution in [0, 0.1) is 0 Å². The minimum absolute atomic E-state index is 0.261. The molecule has 1 heterocycles. The fraction of sp³-hybridized carbons (Fsp3) is 0.0769. The van der Waals surface area contributed by atoms with E-state index in [4.69, 9.17) is 16.7 Å². The molecule has 0 bridgehead atoms. The van der Waals surface area contributed by atoms with Gasteiger partial charge in [0.2, 0.25) is 0 Å². The number of carboxylic acid groups (broad SMARTS) is 1. The number of pyridine rings is 1. The van der Waals surface area contributed by atoms with Gasteiger partial charge >= 0.3 is 5.97 Å². The number of carboxylic acids is 1. The molecule has 0 atom stereocenters. The molecule has 19 heavy (non-hydrogen) atoms. The van der Waals surface area contributed by atoms with Crippen LogP contribution in [0.15, 0.2) is 46.0 Å². The Morgan fingerprint density at radius 3 is 2.84 bits per heavy atom. The number of rotatable bonds is 4. The van der Waals surface area contributed by atoms with Crippen LogP contribution in [-0.4, -0.2) is 16.1 Å². The van der Waals surface area contributed by atoms with Gasteiger partial charge in [0.1, 0.15) is 5.03 Å². The summed E-state index contributed by atoms with van der Waals surface area (Å²) in [6, 6.07) is 8.54. The molecule has 0 aliphatic carbocycles. The number of nitrogens with zero attached hydrogens (tertiary/aromatic N) is 1. The van der Waals surface area contributed by atoms with Crippen LogP contribution in [0.25, 0.3) is 0 Å². The van der Waals surface area contributed by atoms with Gasteiger partial charge in [-0.25, -0.2) is 9.78 Å². The van der Waals surface area contributed by atoms with Gasteiger partial charge in [-0.2, -0.15) is 0 Å². The van der Waals surface area contributed by atoms with Crippen LogP contribution in [0.3, 0.4) is 0 Å². The van der Waals surface area contributed by atoms with Crippen molar-refractivity contribution in [3.63, 3.8) is 0 Å². The zero-order valence-electron chi connectivity index (χ0n) is 9.64. The van der Waals surface area contributed by atoms with E-state index in [9.17, 15) is 4.79 Å². The van der Waals surface area contributed by atoms with Gasteiger partial charge in [0, 0.05) is 16.4 Å². The van der Waals surface area contributed by atoms with E-state index in [1.54, 1.807) is 36.5 Å². The molecule has 6 heteroatoms. The van der Waals surface area contributed by atoms with E-state index in [0.717, 1.165) is 15.1 Å². The van der Waals surface area contributed by atoms with Gasteiger partial charge in [-0.1, -0.05) is 33.6 Å². The highest BCUT2D eigenvalue weighted by Crippen LogP contribution is 2.30. The van der Waals surface area contributed by atoms with Crippen LogP contribution >= 0.6 is 39.3 Å². The van der Waals surface area contributed by atoms with E-state index in [-0.39, 0.29) is 5.56 Å². The molecule has 0 saturated heterocycles. The summed E-state index contributed by atoms with van der Waals surface area (Å²) in [6.45, 7) is 0. The molecule has 2 rings (SSSR count). The minimum atomic E-state index is -0.937. The first kappa shape index (κ1) is 14.4. The summed E-state index contributed by atoms with van der Waals surface area (Å²) in [6.07, 6.45) is 1.69. The molecule has 0 aliphatic heterocycles. The van der Waals surface area contributed by atoms with Crippen molar-refractivity contribution in [2.45, 2.75) is 10.8 Å².